The van der Waals surface area contributed by atoms with Crippen LogP contribution in [0.15, 0.2) is 30.3 Å². The van der Waals surface area contributed by atoms with E-state index in [9.17, 15) is 10.1 Å². The summed E-state index contributed by atoms with van der Waals surface area (Å²) in [5, 5.41) is 18.8. The second-order valence-electron chi connectivity index (χ2n) is 4.05. The Balaban J connectivity index is 2.16. The number of rotatable bonds is 5. The second kappa shape index (κ2) is 6.29. The lowest BCUT2D eigenvalue weighted by Crippen LogP contribution is -2.02. The lowest BCUT2D eigenvalue weighted by molar-refractivity contribution is -0.386. The highest BCUT2D eigenvalue weighted by Gasteiger charge is 2.15. The average Bonchev–Trinajstić information content (AvgIpc) is 2.46. The van der Waals surface area contributed by atoms with Crippen LogP contribution in [0.4, 0.5) is 5.69 Å². The minimum Gasteiger partial charge on any atom is -0.480 e. The molecular formula is C13H12ClN3O3. The average molecular weight is 294 g/mol. The van der Waals surface area contributed by atoms with Gasteiger partial charge in [0.25, 0.3) is 0 Å². The Kier molecular flexibility index (Phi) is 4.47. The van der Waals surface area contributed by atoms with Crippen molar-refractivity contribution >= 4 is 17.3 Å². The molecule has 0 radical (unpaired) electrons. The van der Waals surface area contributed by atoms with E-state index in [0.717, 1.165) is 12.0 Å². The molecule has 7 heteroatoms. The molecule has 0 unspecified atom stereocenters. The predicted molar refractivity (Wildman–Crippen MR) is 73.8 cm³/mol. The zero-order valence-electron chi connectivity index (χ0n) is 10.7. The Hall–Kier alpha value is -2.21. The number of hydrogen-bond donors (Lipinski definition) is 0. The van der Waals surface area contributed by atoms with Crippen LogP contribution in [0.3, 0.4) is 0 Å². The quantitative estimate of drug-likeness (QED) is 0.625. The second-order valence-corrected chi connectivity index (χ2v) is 4.44. The molecule has 0 bridgehead atoms. The fourth-order valence-electron chi connectivity index (χ4n) is 1.62. The monoisotopic (exact) mass is 293 g/mol. The maximum absolute atomic E-state index is 11.0. The molecule has 6 nitrogen and oxygen atoms in total. The third-order valence-electron chi connectivity index (χ3n) is 2.69. The van der Waals surface area contributed by atoms with E-state index in [2.05, 4.69) is 10.2 Å². The summed E-state index contributed by atoms with van der Waals surface area (Å²) in [6.45, 7) is 2.03. The number of nitro benzene ring substituents is 1. The van der Waals surface area contributed by atoms with Crippen molar-refractivity contribution in [2.45, 2.75) is 20.0 Å². The molecule has 0 N–H and O–H groups in total. The zero-order chi connectivity index (χ0) is 14.5. The summed E-state index contributed by atoms with van der Waals surface area (Å²) in [6, 6.07) is 8.16. The van der Waals surface area contributed by atoms with Gasteiger partial charge in [0, 0.05) is 6.07 Å². The molecule has 0 saturated heterocycles. The van der Waals surface area contributed by atoms with E-state index >= 15 is 0 Å². The summed E-state index contributed by atoms with van der Waals surface area (Å²) in [6.07, 6.45) is 0.726. The lowest BCUT2D eigenvalue weighted by atomic mass is 10.1. The Morgan fingerprint density at radius 2 is 2.10 bits per heavy atom. The van der Waals surface area contributed by atoms with E-state index in [1.165, 1.54) is 6.07 Å². The summed E-state index contributed by atoms with van der Waals surface area (Å²) < 4.78 is 5.44. The molecule has 1 aromatic heterocycles. The van der Waals surface area contributed by atoms with Crippen molar-refractivity contribution < 1.29 is 9.66 Å². The molecule has 104 valence electrons. The molecule has 2 aromatic rings. The molecule has 0 amide bonds. The Morgan fingerprint density at radius 3 is 2.70 bits per heavy atom. The molecule has 0 aliphatic heterocycles. The third kappa shape index (κ3) is 3.42. The van der Waals surface area contributed by atoms with Gasteiger partial charge in [0.1, 0.15) is 12.3 Å². The Morgan fingerprint density at radius 1 is 1.30 bits per heavy atom. The Labute approximate surface area is 120 Å². The summed E-state index contributed by atoms with van der Waals surface area (Å²) in [7, 11) is 0. The van der Waals surface area contributed by atoms with Gasteiger partial charge in [-0.1, -0.05) is 24.6 Å². The van der Waals surface area contributed by atoms with Crippen LogP contribution in [0.25, 0.3) is 0 Å². The standard InChI is InChI=1S/C13H12ClN3O3/c1-2-9-3-5-12(11(7-9)17(18)19)20-8-10-4-6-13(14)16-15-10/h3-7H,2,8H2,1H3. The van der Waals surface area contributed by atoms with Gasteiger partial charge in [0.2, 0.25) is 0 Å². The highest BCUT2D eigenvalue weighted by atomic mass is 35.5. The van der Waals surface area contributed by atoms with E-state index in [0.29, 0.717) is 5.69 Å². The van der Waals surface area contributed by atoms with Crippen LogP contribution < -0.4 is 4.74 Å². The third-order valence-corrected chi connectivity index (χ3v) is 2.89. The molecule has 20 heavy (non-hydrogen) atoms. The number of nitrogens with zero attached hydrogens (tertiary/aromatic N) is 3. The van der Waals surface area contributed by atoms with Crippen molar-refractivity contribution in [3.8, 4) is 5.75 Å². The van der Waals surface area contributed by atoms with Crippen molar-refractivity contribution in [2.24, 2.45) is 0 Å². The van der Waals surface area contributed by atoms with Crippen LogP contribution >= 0.6 is 11.6 Å². The predicted octanol–water partition coefficient (Wildman–Crippen LogP) is 3.18. The molecule has 1 heterocycles. The van der Waals surface area contributed by atoms with Crippen molar-refractivity contribution in [2.75, 3.05) is 0 Å². The van der Waals surface area contributed by atoms with Crippen molar-refractivity contribution in [1.29, 1.82) is 0 Å². The molecule has 0 spiro atoms. The smallest absolute Gasteiger partial charge is 0.311 e. The SMILES string of the molecule is CCc1ccc(OCc2ccc(Cl)nn2)c([N+](=O)[O-])c1. The van der Waals surface area contributed by atoms with Gasteiger partial charge in [-0.25, -0.2) is 0 Å². The summed E-state index contributed by atoms with van der Waals surface area (Å²) >= 11 is 5.63. The van der Waals surface area contributed by atoms with Gasteiger partial charge in [-0.2, -0.15) is 5.10 Å². The van der Waals surface area contributed by atoms with E-state index in [1.54, 1.807) is 24.3 Å². The van der Waals surface area contributed by atoms with Crippen LogP contribution in [0.2, 0.25) is 5.15 Å². The van der Waals surface area contributed by atoms with Crippen LogP contribution in [0, 0.1) is 10.1 Å². The first kappa shape index (κ1) is 14.2. The van der Waals surface area contributed by atoms with Crippen LogP contribution in [-0.4, -0.2) is 15.1 Å². The van der Waals surface area contributed by atoms with E-state index in [1.807, 2.05) is 6.92 Å². The van der Waals surface area contributed by atoms with Gasteiger partial charge in [0.15, 0.2) is 10.9 Å². The molecule has 2 rings (SSSR count). The summed E-state index contributed by atoms with van der Waals surface area (Å²) in [5.41, 5.74) is 1.38. The van der Waals surface area contributed by atoms with E-state index in [4.69, 9.17) is 16.3 Å². The van der Waals surface area contributed by atoms with Crippen LogP contribution in [-0.2, 0) is 13.0 Å². The molecule has 0 aliphatic carbocycles. The lowest BCUT2D eigenvalue weighted by Gasteiger charge is -2.07. The largest absolute Gasteiger partial charge is 0.480 e. The topological polar surface area (TPSA) is 78.2 Å². The molecule has 0 fully saturated rings. The maximum atomic E-state index is 11.0. The number of aromatic nitrogens is 2. The first-order valence-corrected chi connectivity index (χ1v) is 6.36. The number of halogens is 1. The summed E-state index contributed by atoms with van der Waals surface area (Å²) in [5.74, 6) is 0.212. The van der Waals surface area contributed by atoms with Crippen molar-refractivity contribution in [1.82, 2.24) is 10.2 Å². The minimum atomic E-state index is -0.456. The Bertz CT molecular complexity index is 617. The molecule has 0 atom stereocenters. The fraction of sp³-hybridized carbons (Fsp3) is 0.231. The number of ether oxygens (including phenoxy) is 1. The van der Waals surface area contributed by atoms with E-state index < -0.39 is 4.92 Å². The van der Waals surface area contributed by atoms with Gasteiger partial charge >= 0.3 is 5.69 Å². The fourth-order valence-corrected chi connectivity index (χ4v) is 1.72. The molecule has 0 aliphatic rings. The van der Waals surface area contributed by atoms with E-state index in [-0.39, 0.29) is 23.2 Å². The minimum absolute atomic E-state index is 0.0497. The highest BCUT2D eigenvalue weighted by Crippen LogP contribution is 2.28. The van der Waals surface area contributed by atoms with Gasteiger partial charge in [-0.05, 0) is 30.2 Å². The number of aryl methyl sites for hydroxylation is 1. The van der Waals surface area contributed by atoms with Gasteiger partial charge in [0.05, 0.1) is 4.92 Å². The van der Waals surface area contributed by atoms with Gasteiger partial charge in [-0.15, -0.1) is 5.10 Å². The first-order chi connectivity index (χ1) is 9.60. The highest BCUT2D eigenvalue weighted by molar-refractivity contribution is 6.29. The number of benzene rings is 1. The first-order valence-electron chi connectivity index (χ1n) is 5.98. The number of nitro groups is 1. The molecular weight excluding hydrogens is 282 g/mol. The van der Waals surface area contributed by atoms with Crippen molar-refractivity contribution in [3.05, 3.63) is 56.9 Å². The zero-order valence-corrected chi connectivity index (χ0v) is 11.5. The molecule has 0 saturated carbocycles. The summed E-state index contributed by atoms with van der Waals surface area (Å²) in [4.78, 5) is 10.6. The van der Waals surface area contributed by atoms with Crippen molar-refractivity contribution in [3.63, 3.8) is 0 Å². The normalized spacial score (nSPS) is 10.3. The van der Waals surface area contributed by atoms with Gasteiger partial charge in [-0.3, -0.25) is 10.1 Å². The van der Waals surface area contributed by atoms with Gasteiger partial charge < -0.3 is 4.74 Å². The maximum Gasteiger partial charge on any atom is 0.311 e. The molecule has 1 aromatic carbocycles. The number of hydrogen-bond acceptors (Lipinski definition) is 5. The van der Waals surface area contributed by atoms with Crippen LogP contribution in [0.1, 0.15) is 18.2 Å². The van der Waals surface area contributed by atoms with Crippen LogP contribution in [0.5, 0.6) is 5.75 Å².